The van der Waals surface area contributed by atoms with Crippen molar-refractivity contribution in [3.05, 3.63) is 12.0 Å². The molecule has 1 aromatic heterocycles. The first-order valence-corrected chi connectivity index (χ1v) is 4.86. The summed E-state index contributed by atoms with van der Waals surface area (Å²) in [6.07, 6.45) is 1.03. The summed E-state index contributed by atoms with van der Waals surface area (Å²) in [7, 11) is 0. The average Bonchev–Trinajstić information content (AvgIpc) is 2.23. The van der Waals surface area contributed by atoms with E-state index in [-0.39, 0.29) is 5.82 Å². The van der Waals surface area contributed by atoms with E-state index in [2.05, 4.69) is 20.6 Å². The van der Waals surface area contributed by atoms with Crippen molar-refractivity contribution < 1.29 is 9.18 Å². The fraction of sp³-hybridized carbons (Fsp3) is 0.444. The van der Waals surface area contributed by atoms with Crippen molar-refractivity contribution in [3.63, 3.8) is 0 Å². The van der Waals surface area contributed by atoms with Crippen LogP contribution in [0, 0.1) is 5.82 Å². The van der Waals surface area contributed by atoms with Crippen LogP contribution in [0.25, 0.3) is 0 Å². The highest BCUT2D eigenvalue weighted by Gasteiger charge is 2.13. The molecule has 0 bridgehead atoms. The van der Waals surface area contributed by atoms with Crippen molar-refractivity contribution in [1.29, 1.82) is 0 Å². The van der Waals surface area contributed by atoms with Gasteiger partial charge in [-0.15, -0.1) is 0 Å². The topological polar surface area (TPSA) is 92.9 Å². The largest absolute Gasteiger partial charge is 0.368 e. The van der Waals surface area contributed by atoms with Crippen LogP contribution in [0.3, 0.4) is 0 Å². The molecule has 0 fully saturated rings. The zero-order valence-electron chi connectivity index (χ0n) is 9.12. The molecule has 0 saturated heterocycles. The molecule has 0 radical (unpaired) electrons. The van der Waals surface area contributed by atoms with Gasteiger partial charge in [0, 0.05) is 6.54 Å². The molecule has 16 heavy (non-hydrogen) atoms. The van der Waals surface area contributed by atoms with Crippen molar-refractivity contribution in [2.75, 3.05) is 17.2 Å². The number of anilines is 2. The van der Waals surface area contributed by atoms with Crippen molar-refractivity contribution in [2.45, 2.75) is 19.9 Å². The number of carbonyl (C=O) groups is 1. The maximum absolute atomic E-state index is 13.3. The Hall–Kier alpha value is -1.92. The molecule has 7 heteroatoms. The summed E-state index contributed by atoms with van der Waals surface area (Å²) in [5.74, 6) is -0.960. The van der Waals surface area contributed by atoms with Crippen LogP contribution in [0.5, 0.6) is 0 Å². The Kier molecular flexibility index (Phi) is 3.98. The standard InChI is InChI=1S/C9H14FN5O/c1-3-12-9-13-4-6(10)8(15-9)14-5(2)7(11)16/h4-5H,3H2,1-2H3,(H2,11,16)(H2,12,13,14,15). The van der Waals surface area contributed by atoms with Crippen LogP contribution in [-0.4, -0.2) is 28.5 Å². The lowest BCUT2D eigenvalue weighted by atomic mass is 10.3. The van der Waals surface area contributed by atoms with Gasteiger partial charge in [-0.1, -0.05) is 0 Å². The molecule has 1 heterocycles. The molecule has 0 spiro atoms. The van der Waals surface area contributed by atoms with E-state index < -0.39 is 17.8 Å². The predicted molar refractivity (Wildman–Crippen MR) is 58.4 cm³/mol. The fourth-order valence-corrected chi connectivity index (χ4v) is 0.988. The molecule has 4 N–H and O–H groups in total. The van der Waals surface area contributed by atoms with Crippen LogP contribution in [0.1, 0.15) is 13.8 Å². The van der Waals surface area contributed by atoms with Crippen LogP contribution < -0.4 is 16.4 Å². The third-order valence-corrected chi connectivity index (χ3v) is 1.86. The highest BCUT2D eigenvalue weighted by molar-refractivity contribution is 5.82. The number of nitrogens with zero attached hydrogens (tertiary/aromatic N) is 2. The van der Waals surface area contributed by atoms with Gasteiger partial charge in [-0.2, -0.15) is 4.98 Å². The first kappa shape index (κ1) is 12.2. The van der Waals surface area contributed by atoms with Gasteiger partial charge in [0.05, 0.1) is 6.20 Å². The Balaban J connectivity index is 2.85. The van der Waals surface area contributed by atoms with Crippen LogP contribution >= 0.6 is 0 Å². The first-order chi connectivity index (χ1) is 7.54. The van der Waals surface area contributed by atoms with E-state index in [9.17, 15) is 9.18 Å². The van der Waals surface area contributed by atoms with Gasteiger partial charge in [0.25, 0.3) is 0 Å². The number of aromatic nitrogens is 2. The minimum absolute atomic E-state index is 0.0442. The third kappa shape index (κ3) is 3.04. The molecule has 0 aromatic carbocycles. The second-order valence-corrected chi connectivity index (χ2v) is 3.19. The van der Waals surface area contributed by atoms with Gasteiger partial charge >= 0.3 is 0 Å². The summed E-state index contributed by atoms with van der Waals surface area (Å²) >= 11 is 0. The quantitative estimate of drug-likeness (QED) is 0.674. The second kappa shape index (κ2) is 5.24. The fourth-order valence-electron chi connectivity index (χ4n) is 0.988. The molecule has 0 aliphatic rings. The lowest BCUT2D eigenvalue weighted by Crippen LogP contribution is -2.33. The maximum Gasteiger partial charge on any atom is 0.239 e. The Morgan fingerprint density at radius 2 is 2.38 bits per heavy atom. The summed E-state index contributed by atoms with van der Waals surface area (Å²) in [5, 5.41) is 5.40. The number of amides is 1. The van der Waals surface area contributed by atoms with E-state index in [1.54, 1.807) is 0 Å². The van der Waals surface area contributed by atoms with E-state index in [0.29, 0.717) is 12.5 Å². The summed E-state index contributed by atoms with van der Waals surface area (Å²) in [4.78, 5) is 18.4. The minimum atomic E-state index is -0.695. The summed E-state index contributed by atoms with van der Waals surface area (Å²) in [6.45, 7) is 4.01. The number of halogens is 1. The van der Waals surface area contributed by atoms with E-state index in [0.717, 1.165) is 6.20 Å². The average molecular weight is 227 g/mol. The first-order valence-electron chi connectivity index (χ1n) is 4.86. The lowest BCUT2D eigenvalue weighted by molar-refractivity contribution is -0.118. The van der Waals surface area contributed by atoms with E-state index >= 15 is 0 Å². The summed E-state index contributed by atoms with van der Waals surface area (Å²) in [5.41, 5.74) is 5.05. The normalized spacial score (nSPS) is 11.9. The molecule has 1 unspecified atom stereocenters. The third-order valence-electron chi connectivity index (χ3n) is 1.86. The highest BCUT2D eigenvalue weighted by Crippen LogP contribution is 2.12. The monoisotopic (exact) mass is 227 g/mol. The Bertz CT molecular complexity index is 384. The Morgan fingerprint density at radius 1 is 1.69 bits per heavy atom. The van der Waals surface area contributed by atoms with Gasteiger partial charge in [0.15, 0.2) is 11.6 Å². The number of nitrogens with one attached hydrogen (secondary N) is 2. The number of primary amides is 1. The zero-order valence-corrected chi connectivity index (χ0v) is 9.12. The summed E-state index contributed by atoms with van der Waals surface area (Å²) in [6, 6.07) is -0.695. The van der Waals surface area contributed by atoms with Crippen molar-refractivity contribution >= 4 is 17.7 Å². The van der Waals surface area contributed by atoms with Crippen LogP contribution in [0.2, 0.25) is 0 Å². The molecule has 1 amide bonds. The highest BCUT2D eigenvalue weighted by atomic mass is 19.1. The Morgan fingerprint density at radius 3 is 2.94 bits per heavy atom. The number of nitrogens with two attached hydrogens (primary N) is 1. The number of carbonyl (C=O) groups excluding carboxylic acids is 1. The molecular weight excluding hydrogens is 213 g/mol. The van der Waals surface area contributed by atoms with Gasteiger partial charge in [0.2, 0.25) is 11.9 Å². The molecule has 0 aliphatic carbocycles. The molecule has 1 aromatic rings. The van der Waals surface area contributed by atoms with E-state index in [1.165, 1.54) is 6.92 Å². The molecule has 0 aliphatic heterocycles. The number of hydrogen-bond acceptors (Lipinski definition) is 5. The SMILES string of the molecule is CCNc1ncc(F)c(NC(C)C(N)=O)n1. The van der Waals surface area contributed by atoms with Crippen molar-refractivity contribution in [3.8, 4) is 0 Å². The maximum atomic E-state index is 13.3. The van der Waals surface area contributed by atoms with E-state index in [1.807, 2.05) is 6.92 Å². The second-order valence-electron chi connectivity index (χ2n) is 3.19. The van der Waals surface area contributed by atoms with Crippen molar-refractivity contribution in [2.24, 2.45) is 5.73 Å². The summed E-state index contributed by atoms with van der Waals surface area (Å²) < 4.78 is 13.3. The molecule has 88 valence electrons. The van der Waals surface area contributed by atoms with Gasteiger partial charge in [-0.05, 0) is 13.8 Å². The molecule has 1 rings (SSSR count). The smallest absolute Gasteiger partial charge is 0.239 e. The predicted octanol–water partition coefficient (Wildman–Crippen LogP) is 0.333. The van der Waals surface area contributed by atoms with Crippen LogP contribution in [0.4, 0.5) is 16.2 Å². The van der Waals surface area contributed by atoms with Crippen molar-refractivity contribution in [1.82, 2.24) is 9.97 Å². The number of rotatable bonds is 5. The van der Waals surface area contributed by atoms with E-state index in [4.69, 9.17) is 5.73 Å². The number of hydrogen-bond donors (Lipinski definition) is 3. The zero-order chi connectivity index (χ0) is 12.1. The molecule has 0 saturated carbocycles. The van der Waals surface area contributed by atoms with Gasteiger partial charge in [-0.25, -0.2) is 9.37 Å². The molecular formula is C9H14FN5O. The van der Waals surface area contributed by atoms with Gasteiger partial charge in [0.1, 0.15) is 6.04 Å². The van der Waals surface area contributed by atoms with Crippen LogP contribution in [-0.2, 0) is 4.79 Å². The van der Waals surface area contributed by atoms with Crippen LogP contribution in [0.15, 0.2) is 6.20 Å². The molecule has 1 atom stereocenters. The van der Waals surface area contributed by atoms with Gasteiger partial charge < -0.3 is 16.4 Å². The lowest BCUT2D eigenvalue weighted by Gasteiger charge is -2.12. The minimum Gasteiger partial charge on any atom is -0.368 e. The van der Waals surface area contributed by atoms with Gasteiger partial charge in [-0.3, -0.25) is 4.79 Å². The molecule has 6 nitrogen and oxygen atoms in total. The Labute approximate surface area is 92.5 Å².